The van der Waals surface area contributed by atoms with Crippen LogP contribution < -0.4 is 4.72 Å². The number of carbonyl (C=O) groups excluding carboxylic acids is 1. The summed E-state index contributed by atoms with van der Waals surface area (Å²) in [7, 11) is -5.77. The largest absolute Gasteiger partial charge is 0.453 e. The van der Waals surface area contributed by atoms with Gasteiger partial charge in [-0.2, -0.15) is 0 Å². The number of rotatable bonds is 28. The Morgan fingerprint density at radius 1 is 0.532 bits per heavy atom. The zero-order chi connectivity index (χ0) is 56.2. The molecule has 0 saturated carbocycles. The molecule has 6 atom stereocenters. The van der Waals surface area contributed by atoms with Crippen molar-refractivity contribution in [1.82, 2.24) is 8.43 Å². The van der Waals surface area contributed by atoms with Gasteiger partial charge in [-0.1, -0.05) is 180 Å². The smallest absolute Gasteiger partial charge is 0.329 e. The molecule has 11 nitrogen and oxygen atoms in total. The molecule has 15 heteroatoms. The molecule has 0 heterocycles. The molecule has 0 spiro atoms. The van der Waals surface area contributed by atoms with Crippen LogP contribution in [-0.2, 0) is 38.6 Å². The van der Waals surface area contributed by atoms with Crippen molar-refractivity contribution < 1.29 is 40.3 Å². The van der Waals surface area contributed by atoms with E-state index >= 15 is 0 Å². The van der Waals surface area contributed by atoms with Gasteiger partial charge in [0.2, 0.25) is 10.0 Å². The molecule has 0 amide bonds. The summed E-state index contributed by atoms with van der Waals surface area (Å²) in [6.45, 7) is 15.4. The molecule has 77 heavy (non-hydrogen) atoms. The first kappa shape index (κ1) is 64.8. The number of hydrogen-bond donors (Lipinski definition) is 2. The monoisotopic (exact) mass is 1130 g/mol. The molecule has 6 aromatic rings. The summed E-state index contributed by atoms with van der Waals surface area (Å²) >= 11 is 0.947. The van der Waals surface area contributed by atoms with Gasteiger partial charge < -0.3 is 18.7 Å². The number of nitrogens with zero attached hydrogens (tertiary/aromatic N) is 1. The minimum absolute atomic E-state index is 0.0404. The Kier molecular flexibility index (Phi) is 28.9. The van der Waals surface area contributed by atoms with Gasteiger partial charge in [-0.3, -0.25) is 4.79 Å². The van der Waals surface area contributed by atoms with Crippen LogP contribution in [0.4, 0.5) is 0 Å². The molecular weight excluding hydrogens is 1040 g/mol. The van der Waals surface area contributed by atoms with Gasteiger partial charge in [-0.15, -0.1) is 3.71 Å². The first-order valence-electron chi connectivity index (χ1n) is 26.8. The predicted molar refractivity (Wildman–Crippen MR) is 318 cm³/mol. The third-order valence-electron chi connectivity index (χ3n) is 13.8. The fourth-order valence-corrected chi connectivity index (χ4v) is 12.3. The van der Waals surface area contributed by atoms with Gasteiger partial charge in [0.05, 0.1) is 23.0 Å². The molecule has 6 unspecified atom stereocenters. The van der Waals surface area contributed by atoms with Crippen molar-refractivity contribution in [3.63, 3.8) is 0 Å². The SMILES string of the molecule is CCC(=O)OCSN(C)S(=O)(=O)c1ccc(C(C)CC(CCC(C)c2ccccc2)c2ccccc2)cc1.CCOP(O)OCC.CNS(=O)(=O)c1ccc(C(C)CC(CCC(C)c2ccccc2)c2ccccc2)cc1. The van der Waals surface area contributed by atoms with Crippen molar-refractivity contribution >= 4 is 46.6 Å². The van der Waals surface area contributed by atoms with Crippen molar-refractivity contribution in [2.75, 3.05) is 33.2 Å². The van der Waals surface area contributed by atoms with E-state index in [9.17, 15) is 21.6 Å². The molecule has 0 bridgehead atoms. The highest BCUT2D eigenvalue weighted by atomic mass is 32.3. The fourth-order valence-electron chi connectivity index (χ4n) is 9.02. The minimum Gasteiger partial charge on any atom is -0.453 e. The molecule has 0 aromatic heterocycles. The Bertz CT molecular complexity index is 2770. The second-order valence-electron chi connectivity index (χ2n) is 19.2. The van der Waals surface area contributed by atoms with Crippen LogP contribution in [0.15, 0.2) is 180 Å². The molecule has 0 radical (unpaired) electrons. The third-order valence-corrected chi connectivity index (χ3v) is 19.2. The van der Waals surface area contributed by atoms with E-state index in [0.717, 1.165) is 59.7 Å². The van der Waals surface area contributed by atoms with Gasteiger partial charge in [0.15, 0.2) is 5.94 Å². The van der Waals surface area contributed by atoms with Gasteiger partial charge in [0.1, 0.15) is 0 Å². The van der Waals surface area contributed by atoms with E-state index in [0.29, 0.717) is 47.7 Å². The van der Waals surface area contributed by atoms with E-state index in [-0.39, 0.29) is 29.1 Å². The molecule has 0 saturated heterocycles. The molecule has 418 valence electrons. The van der Waals surface area contributed by atoms with Crippen LogP contribution >= 0.6 is 20.6 Å². The van der Waals surface area contributed by atoms with Crippen LogP contribution in [0.25, 0.3) is 0 Å². The first-order chi connectivity index (χ1) is 36.9. The molecule has 6 aromatic carbocycles. The highest BCUT2D eigenvalue weighted by Gasteiger charge is 2.24. The van der Waals surface area contributed by atoms with Crippen LogP contribution in [0.5, 0.6) is 0 Å². The molecule has 0 aliphatic heterocycles. The Balaban J connectivity index is 0.000000295. The maximum atomic E-state index is 13.0. The zero-order valence-corrected chi connectivity index (χ0v) is 49.9. The molecule has 0 fully saturated rings. The van der Waals surface area contributed by atoms with Gasteiger partial charge in [0, 0.05) is 13.5 Å². The van der Waals surface area contributed by atoms with E-state index < -0.39 is 28.6 Å². The summed E-state index contributed by atoms with van der Waals surface area (Å²) in [6, 6.07) is 57.3. The van der Waals surface area contributed by atoms with E-state index in [1.807, 2.05) is 38.1 Å². The zero-order valence-electron chi connectivity index (χ0n) is 46.5. The van der Waals surface area contributed by atoms with E-state index in [1.54, 1.807) is 31.2 Å². The molecule has 0 aliphatic rings. The van der Waals surface area contributed by atoms with Crippen LogP contribution in [0.2, 0.25) is 0 Å². The number of nitrogens with one attached hydrogen (secondary N) is 1. The summed E-state index contributed by atoms with van der Waals surface area (Å²) < 4.78 is 67.8. The molecular formula is C62H83N2O9PS3. The molecule has 6 rings (SSSR count). The number of ether oxygens (including phenoxy) is 1. The number of benzene rings is 6. The maximum absolute atomic E-state index is 13.0. The van der Waals surface area contributed by atoms with Crippen molar-refractivity contribution in [3.05, 3.63) is 203 Å². The highest BCUT2D eigenvalue weighted by molar-refractivity contribution is 8.08. The number of carbonyl (C=O) groups is 1. The lowest BCUT2D eigenvalue weighted by Crippen LogP contribution is -2.21. The van der Waals surface area contributed by atoms with Gasteiger partial charge in [0.25, 0.3) is 10.0 Å². The lowest BCUT2D eigenvalue weighted by atomic mass is 9.81. The Hall–Kier alpha value is -4.73. The average molecular weight is 1130 g/mol. The second-order valence-corrected chi connectivity index (χ2v) is 25.3. The van der Waals surface area contributed by atoms with Crippen molar-refractivity contribution in [1.29, 1.82) is 0 Å². The fraction of sp³-hybridized carbons (Fsp3) is 0.403. The van der Waals surface area contributed by atoms with Crippen LogP contribution in [0.3, 0.4) is 0 Å². The van der Waals surface area contributed by atoms with Gasteiger partial charge >= 0.3 is 14.6 Å². The summed E-state index contributed by atoms with van der Waals surface area (Å²) in [5.41, 5.74) is 7.78. The van der Waals surface area contributed by atoms with E-state index in [1.165, 1.54) is 41.9 Å². The Morgan fingerprint density at radius 2 is 0.883 bits per heavy atom. The topological polar surface area (TPSA) is 149 Å². The Morgan fingerprint density at radius 3 is 1.23 bits per heavy atom. The summed E-state index contributed by atoms with van der Waals surface area (Å²) in [5, 5.41) is 0. The lowest BCUT2D eigenvalue weighted by molar-refractivity contribution is -0.141. The number of hydrogen-bond acceptors (Lipinski definition) is 10. The minimum atomic E-state index is -3.69. The van der Waals surface area contributed by atoms with Crippen LogP contribution in [0, 0.1) is 0 Å². The lowest BCUT2D eigenvalue weighted by Gasteiger charge is -2.24. The van der Waals surface area contributed by atoms with Crippen LogP contribution in [0.1, 0.15) is 162 Å². The molecule has 0 aliphatic carbocycles. The standard InChI is InChI=1S/C31H39NO4S2.C27H33NO2S.C4H11O3P/c1-5-31(33)36-23-37-32(4)38(34,35)30-20-18-27(19-21-30)25(3)22-29(28-14-10-7-11-15-28)17-16-24(2)26-12-8-6-9-13-26;1-21(23-10-6-4-7-11-23)14-15-26(25-12-8-5-9-13-25)20-22(2)24-16-18-27(19-17-24)31(29,30)28-3;1-3-6-8(5)7-4-2/h6-15,18-21,24-25,29H,5,16-17,22-23H2,1-4H3;4-13,16-19,21-22,26,28H,14-15,20H2,1-3H3;5H,3-4H2,1-2H3. The van der Waals surface area contributed by atoms with E-state index in [2.05, 4.69) is 163 Å². The summed E-state index contributed by atoms with van der Waals surface area (Å²) in [6.07, 6.45) is 6.71. The number of sulfonamides is 2. The average Bonchev–Trinajstić information content (AvgIpc) is 3.46. The van der Waals surface area contributed by atoms with Gasteiger partial charge in [-0.05, 0) is 165 Å². The van der Waals surface area contributed by atoms with Crippen molar-refractivity contribution in [3.8, 4) is 0 Å². The number of esters is 1. The summed E-state index contributed by atoms with van der Waals surface area (Å²) in [5.74, 6) is 2.09. The maximum Gasteiger partial charge on any atom is 0.329 e. The Labute approximate surface area is 467 Å². The predicted octanol–water partition coefficient (Wildman–Crippen LogP) is 15.5. The van der Waals surface area contributed by atoms with Crippen molar-refractivity contribution in [2.45, 2.75) is 139 Å². The molecule has 2 N–H and O–H groups in total. The van der Waals surface area contributed by atoms with Gasteiger partial charge in [-0.25, -0.2) is 21.6 Å². The summed E-state index contributed by atoms with van der Waals surface area (Å²) in [4.78, 5) is 20.5. The second kappa shape index (κ2) is 34.3. The van der Waals surface area contributed by atoms with E-state index in [4.69, 9.17) is 9.63 Å². The first-order valence-corrected chi connectivity index (χ1v) is 31.8. The van der Waals surface area contributed by atoms with Crippen LogP contribution in [-0.4, -0.2) is 64.7 Å². The van der Waals surface area contributed by atoms with Crippen molar-refractivity contribution in [2.24, 2.45) is 0 Å². The highest BCUT2D eigenvalue weighted by Crippen LogP contribution is 2.38. The third kappa shape index (κ3) is 22.1. The normalized spacial score (nSPS) is 14.0. The quantitative estimate of drug-likeness (QED) is 0.0210.